The van der Waals surface area contributed by atoms with Crippen LogP contribution in [0.2, 0.25) is 0 Å². The predicted octanol–water partition coefficient (Wildman–Crippen LogP) is 2.21. The zero-order valence-corrected chi connectivity index (χ0v) is 11.5. The summed E-state index contributed by atoms with van der Waals surface area (Å²) in [5.41, 5.74) is 1.36. The van der Waals surface area contributed by atoms with Crippen LogP contribution >= 0.6 is 0 Å². The third-order valence-electron chi connectivity index (χ3n) is 2.64. The first-order chi connectivity index (χ1) is 9.65. The number of ketones is 1. The molecule has 0 atom stereocenters. The molecule has 6 nitrogen and oxygen atoms in total. The maximum Gasteiger partial charge on any atom is 0.254 e. The molecule has 0 N–H and O–H groups in total. The molecule has 6 heteroatoms. The van der Waals surface area contributed by atoms with Crippen LogP contribution in [0.5, 0.6) is 11.6 Å². The molecule has 0 amide bonds. The minimum atomic E-state index is -0.327. The van der Waals surface area contributed by atoms with E-state index in [-0.39, 0.29) is 24.2 Å². The normalized spacial score (nSPS) is 10.3. The fourth-order valence-corrected chi connectivity index (χ4v) is 1.65. The number of ether oxygens (including phenoxy) is 3. The zero-order chi connectivity index (χ0) is 14.5. The van der Waals surface area contributed by atoms with E-state index in [2.05, 4.69) is 5.16 Å². The van der Waals surface area contributed by atoms with Gasteiger partial charge in [0.15, 0.2) is 6.79 Å². The summed E-state index contributed by atoms with van der Waals surface area (Å²) in [6.45, 7) is 1.97. The van der Waals surface area contributed by atoms with Crippen LogP contribution in [0, 0.1) is 6.92 Å². The van der Waals surface area contributed by atoms with Crippen LogP contribution in [0.1, 0.15) is 21.7 Å². The fourth-order valence-electron chi connectivity index (χ4n) is 1.65. The van der Waals surface area contributed by atoms with Crippen molar-refractivity contribution < 1.29 is 23.5 Å². The summed E-state index contributed by atoms with van der Waals surface area (Å²) in [6, 6.07) is 6.69. The zero-order valence-electron chi connectivity index (χ0n) is 11.5. The lowest BCUT2D eigenvalue weighted by atomic mass is 10.1. The Kier molecular flexibility index (Phi) is 4.37. The van der Waals surface area contributed by atoms with Crippen molar-refractivity contribution in [3.8, 4) is 11.6 Å². The molecule has 1 aromatic carbocycles. The standard InChI is InChI=1S/C14H15NO5/c1-9-4-5-10(11(6-9)19-8-17-2)14(16)12-7-13(18-3)15-20-12/h4-7H,8H2,1-3H3. The number of methoxy groups -OCH3 is 2. The largest absolute Gasteiger partial charge is 0.479 e. The van der Waals surface area contributed by atoms with Crippen molar-refractivity contribution in [2.75, 3.05) is 21.0 Å². The van der Waals surface area contributed by atoms with Crippen LogP contribution in [0.25, 0.3) is 0 Å². The number of carbonyl (C=O) groups is 1. The number of aryl methyl sites for hydroxylation is 1. The molecule has 20 heavy (non-hydrogen) atoms. The first-order valence-electron chi connectivity index (χ1n) is 5.93. The average Bonchev–Trinajstić information content (AvgIpc) is 2.93. The van der Waals surface area contributed by atoms with Crippen LogP contribution in [0.4, 0.5) is 0 Å². The topological polar surface area (TPSA) is 70.8 Å². The van der Waals surface area contributed by atoms with E-state index in [4.69, 9.17) is 18.7 Å². The van der Waals surface area contributed by atoms with Crippen molar-refractivity contribution in [1.82, 2.24) is 5.16 Å². The molecule has 1 heterocycles. The van der Waals surface area contributed by atoms with Gasteiger partial charge in [0, 0.05) is 7.11 Å². The molecule has 0 spiro atoms. The summed E-state index contributed by atoms with van der Waals surface area (Å²) in [5, 5.41) is 3.61. The second-order valence-electron chi connectivity index (χ2n) is 4.11. The molecular weight excluding hydrogens is 262 g/mol. The number of aromatic nitrogens is 1. The van der Waals surface area contributed by atoms with Gasteiger partial charge in [0.1, 0.15) is 5.75 Å². The van der Waals surface area contributed by atoms with Crippen LogP contribution < -0.4 is 9.47 Å². The molecular formula is C14H15NO5. The Balaban J connectivity index is 2.32. The molecule has 0 saturated carbocycles. The van der Waals surface area contributed by atoms with Crippen molar-refractivity contribution in [3.63, 3.8) is 0 Å². The second kappa shape index (κ2) is 6.21. The molecule has 0 saturated heterocycles. The van der Waals surface area contributed by atoms with Crippen molar-refractivity contribution in [2.45, 2.75) is 6.92 Å². The van der Waals surface area contributed by atoms with Crippen LogP contribution in [0.15, 0.2) is 28.8 Å². The molecule has 0 aliphatic heterocycles. The molecule has 0 fully saturated rings. The van der Waals surface area contributed by atoms with Gasteiger partial charge in [-0.2, -0.15) is 0 Å². The van der Waals surface area contributed by atoms with Gasteiger partial charge in [0.05, 0.1) is 18.7 Å². The number of hydrogen-bond acceptors (Lipinski definition) is 6. The van der Waals surface area contributed by atoms with Crippen molar-refractivity contribution in [3.05, 3.63) is 41.2 Å². The van der Waals surface area contributed by atoms with E-state index >= 15 is 0 Å². The highest BCUT2D eigenvalue weighted by atomic mass is 16.7. The smallest absolute Gasteiger partial charge is 0.254 e. The summed E-state index contributed by atoms with van der Waals surface area (Å²) in [6.07, 6.45) is 0. The maximum atomic E-state index is 12.4. The van der Waals surface area contributed by atoms with Crippen molar-refractivity contribution in [2.24, 2.45) is 0 Å². The highest BCUT2D eigenvalue weighted by Gasteiger charge is 2.20. The highest BCUT2D eigenvalue weighted by Crippen LogP contribution is 2.24. The third kappa shape index (κ3) is 2.97. The Labute approximate surface area is 116 Å². The number of carbonyl (C=O) groups excluding carboxylic acids is 1. The lowest BCUT2D eigenvalue weighted by Crippen LogP contribution is -2.07. The van der Waals surface area contributed by atoms with Crippen LogP contribution in [0.3, 0.4) is 0 Å². The van der Waals surface area contributed by atoms with Gasteiger partial charge in [-0.15, -0.1) is 0 Å². The number of nitrogens with zero attached hydrogens (tertiary/aromatic N) is 1. The molecule has 0 aliphatic carbocycles. The van der Waals surface area contributed by atoms with Crippen LogP contribution in [-0.2, 0) is 4.74 Å². The van der Waals surface area contributed by atoms with E-state index in [0.29, 0.717) is 11.3 Å². The summed E-state index contributed by atoms with van der Waals surface area (Å²) in [4.78, 5) is 12.4. The Bertz CT molecular complexity index is 605. The first kappa shape index (κ1) is 14.1. The monoisotopic (exact) mass is 277 g/mol. The number of benzene rings is 1. The van der Waals surface area contributed by atoms with E-state index in [0.717, 1.165) is 5.56 Å². The lowest BCUT2D eigenvalue weighted by molar-refractivity contribution is 0.0502. The van der Waals surface area contributed by atoms with Gasteiger partial charge in [0.2, 0.25) is 11.5 Å². The van der Waals surface area contributed by atoms with Gasteiger partial charge in [-0.3, -0.25) is 4.79 Å². The average molecular weight is 277 g/mol. The summed E-state index contributed by atoms with van der Waals surface area (Å²) in [5.74, 6) is 0.451. The highest BCUT2D eigenvalue weighted by molar-refractivity contribution is 6.09. The SMILES string of the molecule is COCOc1cc(C)ccc1C(=O)c1cc(OC)no1. The molecule has 2 rings (SSSR count). The second-order valence-corrected chi connectivity index (χ2v) is 4.11. The molecule has 0 unspecified atom stereocenters. The van der Waals surface area contributed by atoms with Gasteiger partial charge < -0.3 is 18.7 Å². The Morgan fingerprint density at radius 2 is 2.10 bits per heavy atom. The third-order valence-corrected chi connectivity index (χ3v) is 2.64. The number of rotatable bonds is 6. The van der Waals surface area contributed by atoms with E-state index in [1.54, 1.807) is 12.1 Å². The van der Waals surface area contributed by atoms with Gasteiger partial charge in [-0.25, -0.2) is 0 Å². The molecule has 0 aliphatic rings. The first-order valence-corrected chi connectivity index (χ1v) is 5.93. The maximum absolute atomic E-state index is 12.4. The minimum Gasteiger partial charge on any atom is -0.479 e. The minimum absolute atomic E-state index is 0.0590. The summed E-state index contributed by atoms with van der Waals surface area (Å²) < 4.78 is 20.1. The molecule has 0 radical (unpaired) electrons. The van der Waals surface area contributed by atoms with E-state index in [1.807, 2.05) is 13.0 Å². The quantitative estimate of drug-likeness (QED) is 0.595. The van der Waals surface area contributed by atoms with E-state index in [9.17, 15) is 4.79 Å². The summed E-state index contributed by atoms with van der Waals surface area (Å²) in [7, 11) is 2.96. The van der Waals surface area contributed by atoms with E-state index in [1.165, 1.54) is 20.3 Å². The fraction of sp³-hybridized carbons (Fsp3) is 0.286. The molecule has 0 bridgehead atoms. The van der Waals surface area contributed by atoms with Crippen molar-refractivity contribution in [1.29, 1.82) is 0 Å². The molecule has 106 valence electrons. The molecule has 2 aromatic rings. The number of hydrogen-bond donors (Lipinski definition) is 0. The van der Waals surface area contributed by atoms with Crippen molar-refractivity contribution >= 4 is 5.78 Å². The Morgan fingerprint density at radius 1 is 1.30 bits per heavy atom. The van der Waals surface area contributed by atoms with E-state index < -0.39 is 0 Å². The Hall–Kier alpha value is -2.34. The van der Waals surface area contributed by atoms with Gasteiger partial charge >= 0.3 is 0 Å². The van der Waals surface area contributed by atoms with Gasteiger partial charge in [-0.05, 0) is 29.8 Å². The summed E-state index contributed by atoms with van der Waals surface area (Å²) >= 11 is 0. The Morgan fingerprint density at radius 3 is 2.75 bits per heavy atom. The van der Waals surface area contributed by atoms with Gasteiger partial charge in [-0.1, -0.05) is 6.07 Å². The predicted molar refractivity (Wildman–Crippen MR) is 70.2 cm³/mol. The van der Waals surface area contributed by atoms with Gasteiger partial charge in [0.25, 0.3) is 5.88 Å². The molecule has 1 aromatic heterocycles. The lowest BCUT2D eigenvalue weighted by Gasteiger charge is -2.09. The van der Waals surface area contributed by atoms with Crippen LogP contribution in [-0.4, -0.2) is 32.0 Å².